The number of aliphatic hydroxyl groups excluding tert-OH is 5. The predicted octanol–water partition coefficient (Wildman–Crippen LogP) is -3.79. The van der Waals surface area contributed by atoms with E-state index in [0.29, 0.717) is 6.29 Å². The number of carbonyl (C=O) groups excluding carboxylic acids is 1. The fraction of sp³-hybridized carbons (Fsp3) is 0.875. The summed E-state index contributed by atoms with van der Waals surface area (Å²) in [6, 6.07) is -0.939. The zero-order valence-electron chi connectivity index (χ0n) is 8.15. The van der Waals surface area contributed by atoms with Crippen LogP contribution in [-0.2, 0) is 4.79 Å². The average Bonchev–Trinajstić information content (AvgIpc) is 2.27. The maximum absolute atomic E-state index is 10.0. The molecule has 0 spiro atoms. The minimum absolute atomic E-state index is 0.0930. The van der Waals surface area contributed by atoms with Crippen LogP contribution in [-0.4, -0.2) is 75.9 Å². The van der Waals surface area contributed by atoms with Crippen molar-refractivity contribution in [1.29, 1.82) is 0 Å². The van der Waals surface area contributed by atoms with E-state index in [-0.39, 0.29) is 6.54 Å². The minimum atomic E-state index is -1.59. The first-order valence-electron chi connectivity index (χ1n) is 4.51. The molecule has 4 unspecified atom stereocenters. The lowest BCUT2D eigenvalue weighted by Crippen LogP contribution is -2.53. The van der Waals surface area contributed by atoms with Crippen LogP contribution in [0.15, 0.2) is 0 Å². The Morgan fingerprint density at radius 3 is 2.07 bits per heavy atom. The summed E-state index contributed by atoms with van der Waals surface area (Å²) in [6.07, 6.45) is -4.03. The van der Waals surface area contributed by atoms with E-state index >= 15 is 0 Å². The van der Waals surface area contributed by atoms with Crippen molar-refractivity contribution in [3.8, 4) is 0 Å². The Labute approximate surface area is 87.0 Å². The average molecular weight is 223 g/mol. The van der Waals surface area contributed by atoms with Crippen LogP contribution in [0, 0.1) is 0 Å². The van der Waals surface area contributed by atoms with Gasteiger partial charge in [-0.05, 0) is 0 Å². The normalized spacial score (nSPS) is 19.3. The molecule has 0 rings (SSSR count). The molecule has 0 aromatic heterocycles. The number of aldehydes is 1. The molecule has 0 fully saturated rings. The number of hydrogen-bond acceptors (Lipinski definition) is 7. The third kappa shape index (κ3) is 4.65. The minimum Gasteiger partial charge on any atom is -0.395 e. The summed E-state index contributed by atoms with van der Waals surface area (Å²) >= 11 is 0. The molecular formula is C8H17NO6. The molecule has 7 heteroatoms. The first-order valence-corrected chi connectivity index (χ1v) is 4.51. The van der Waals surface area contributed by atoms with Crippen molar-refractivity contribution in [2.24, 2.45) is 0 Å². The van der Waals surface area contributed by atoms with E-state index in [1.807, 2.05) is 0 Å². The number of hydrogen-bond donors (Lipinski definition) is 6. The summed E-state index contributed by atoms with van der Waals surface area (Å²) in [5.74, 6) is 0. The lowest BCUT2D eigenvalue weighted by atomic mass is 10.0. The molecule has 0 aromatic carbocycles. The zero-order chi connectivity index (χ0) is 11.8. The fourth-order valence-corrected chi connectivity index (χ4v) is 1.07. The van der Waals surface area contributed by atoms with Crippen LogP contribution >= 0.6 is 0 Å². The summed E-state index contributed by atoms with van der Waals surface area (Å²) in [6.45, 7) is -1.31. The summed E-state index contributed by atoms with van der Waals surface area (Å²) in [4.78, 5) is 10.0. The molecule has 0 radical (unpaired) electrons. The fourth-order valence-electron chi connectivity index (χ4n) is 1.07. The summed E-state index contributed by atoms with van der Waals surface area (Å²) < 4.78 is 0. The predicted molar refractivity (Wildman–Crippen MR) is 50.0 cm³/mol. The van der Waals surface area contributed by atoms with Crippen molar-refractivity contribution in [2.75, 3.05) is 19.8 Å². The summed E-state index contributed by atoms with van der Waals surface area (Å²) in [7, 11) is 0. The van der Waals surface area contributed by atoms with Gasteiger partial charge in [0.25, 0.3) is 0 Å². The molecule has 4 atom stereocenters. The third-order valence-corrected chi connectivity index (χ3v) is 2.00. The molecule has 0 saturated carbocycles. The lowest BCUT2D eigenvalue weighted by Gasteiger charge is -2.27. The molecule has 7 nitrogen and oxygen atoms in total. The molecule has 0 heterocycles. The Morgan fingerprint density at radius 2 is 1.67 bits per heavy atom. The van der Waals surface area contributed by atoms with Gasteiger partial charge in [-0.1, -0.05) is 0 Å². The van der Waals surface area contributed by atoms with Crippen LogP contribution in [0.2, 0.25) is 0 Å². The smallest absolute Gasteiger partial charge is 0.133 e. The van der Waals surface area contributed by atoms with Gasteiger partial charge in [-0.3, -0.25) is 0 Å². The van der Waals surface area contributed by atoms with Crippen LogP contribution < -0.4 is 5.32 Å². The van der Waals surface area contributed by atoms with Gasteiger partial charge >= 0.3 is 0 Å². The largest absolute Gasteiger partial charge is 0.395 e. The van der Waals surface area contributed by atoms with Crippen LogP contribution in [0.1, 0.15) is 0 Å². The van der Waals surface area contributed by atoms with Gasteiger partial charge in [0.15, 0.2) is 0 Å². The van der Waals surface area contributed by atoms with Gasteiger partial charge < -0.3 is 35.6 Å². The Kier molecular flexibility index (Phi) is 7.39. The molecule has 0 aliphatic carbocycles. The maximum Gasteiger partial charge on any atom is 0.133 e. The standard InChI is InChI=1S/C8H17NO6/c10-2-1-9-5(3-11)7(14)8(15)6(13)4-12/h2,5-9,11-15H,1,3-4H2. The zero-order valence-corrected chi connectivity index (χ0v) is 8.15. The monoisotopic (exact) mass is 223 g/mol. The Morgan fingerprint density at radius 1 is 1.07 bits per heavy atom. The first-order chi connectivity index (χ1) is 7.08. The second-order valence-corrected chi connectivity index (χ2v) is 3.10. The quantitative estimate of drug-likeness (QED) is 0.233. The van der Waals surface area contributed by atoms with Crippen molar-refractivity contribution in [3.05, 3.63) is 0 Å². The lowest BCUT2D eigenvalue weighted by molar-refractivity contribution is -0.108. The molecule has 6 N–H and O–H groups in total. The van der Waals surface area contributed by atoms with E-state index in [0.717, 1.165) is 0 Å². The Bertz CT molecular complexity index is 179. The molecule has 15 heavy (non-hydrogen) atoms. The van der Waals surface area contributed by atoms with E-state index in [1.54, 1.807) is 0 Å². The molecule has 0 amide bonds. The van der Waals surface area contributed by atoms with Crippen molar-refractivity contribution < 1.29 is 30.3 Å². The number of carbonyl (C=O) groups is 1. The van der Waals surface area contributed by atoms with Gasteiger partial charge in [-0.15, -0.1) is 0 Å². The van der Waals surface area contributed by atoms with Crippen molar-refractivity contribution in [3.63, 3.8) is 0 Å². The van der Waals surface area contributed by atoms with Gasteiger partial charge in [-0.2, -0.15) is 0 Å². The van der Waals surface area contributed by atoms with Crippen LogP contribution in [0.3, 0.4) is 0 Å². The molecule has 0 aromatic rings. The van der Waals surface area contributed by atoms with Crippen LogP contribution in [0.4, 0.5) is 0 Å². The van der Waals surface area contributed by atoms with Gasteiger partial charge in [0.2, 0.25) is 0 Å². The van der Waals surface area contributed by atoms with Crippen LogP contribution in [0.25, 0.3) is 0 Å². The third-order valence-electron chi connectivity index (χ3n) is 2.00. The highest BCUT2D eigenvalue weighted by molar-refractivity contribution is 5.51. The molecule has 0 aliphatic rings. The summed E-state index contributed by atoms with van der Waals surface area (Å²) in [5.41, 5.74) is 0. The van der Waals surface area contributed by atoms with Gasteiger partial charge in [0.1, 0.15) is 24.6 Å². The SMILES string of the molecule is O=CCNC(CO)C(O)C(O)C(O)CO. The molecular weight excluding hydrogens is 206 g/mol. The highest BCUT2D eigenvalue weighted by atomic mass is 16.4. The van der Waals surface area contributed by atoms with Crippen LogP contribution in [0.5, 0.6) is 0 Å². The number of rotatable bonds is 8. The van der Waals surface area contributed by atoms with Crippen molar-refractivity contribution >= 4 is 6.29 Å². The maximum atomic E-state index is 10.0. The van der Waals surface area contributed by atoms with Gasteiger partial charge in [0, 0.05) is 0 Å². The topological polar surface area (TPSA) is 130 Å². The van der Waals surface area contributed by atoms with E-state index in [2.05, 4.69) is 5.32 Å². The first kappa shape index (κ1) is 14.4. The highest BCUT2D eigenvalue weighted by Gasteiger charge is 2.30. The van der Waals surface area contributed by atoms with E-state index in [9.17, 15) is 15.0 Å². The molecule has 0 saturated heterocycles. The van der Waals surface area contributed by atoms with Gasteiger partial charge in [-0.25, -0.2) is 0 Å². The van der Waals surface area contributed by atoms with Gasteiger partial charge in [0.05, 0.1) is 25.8 Å². The van der Waals surface area contributed by atoms with E-state index < -0.39 is 37.6 Å². The van der Waals surface area contributed by atoms with Crippen molar-refractivity contribution in [2.45, 2.75) is 24.4 Å². The number of nitrogens with one attached hydrogen (secondary N) is 1. The second-order valence-electron chi connectivity index (χ2n) is 3.10. The molecule has 0 aliphatic heterocycles. The summed E-state index contributed by atoms with van der Waals surface area (Å²) in [5, 5.41) is 47.6. The number of aliphatic hydroxyl groups is 5. The van der Waals surface area contributed by atoms with Crippen molar-refractivity contribution in [1.82, 2.24) is 5.32 Å². The highest BCUT2D eigenvalue weighted by Crippen LogP contribution is 2.04. The second kappa shape index (κ2) is 7.69. The van der Waals surface area contributed by atoms with E-state index in [1.165, 1.54) is 0 Å². The Balaban J connectivity index is 4.22. The molecule has 90 valence electrons. The van der Waals surface area contributed by atoms with E-state index in [4.69, 9.17) is 15.3 Å². The molecule has 0 bridgehead atoms. The Hall–Kier alpha value is -0.570.